The topological polar surface area (TPSA) is 50.4 Å². The normalized spacial score (nSPS) is 12.9. The number of amidine groups is 1. The van der Waals surface area contributed by atoms with Crippen LogP contribution in [0.4, 0.5) is 0 Å². The molecule has 0 bridgehead atoms. The number of rotatable bonds is 6. The highest BCUT2D eigenvalue weighted by atomic mass is 32.1. The van der Waals surface area contributed by atoms with Gasteiger partial charge in [-0.2, -0.15) is 0 Å². The fourth-order valence-electron chi connectivity index (χ4n) is 7.34. The molecule has 3 heterocycles. The SMILES string of the molecule is NC(NC(=NCc1cccc2c1sc1cc(-c3cccc4c3sc3ccccc34)ccc12)c1ccccc1)c1cccc2c1sc1ccccc12. The second kappa shape index (κ2) is 12.4. The number of benzene rings is 7. The molecule has 1 unspecified atom stereocenters. The largest absolute Gasteiger partial charge is 0.351 e. The average molecular weight is 710 g/mol. The van der Waals surface area contributed by atoms with E-state index >= 15 is 0 Å². The standard InChI is InChI=1S/C45H31N3S3/c46-44(37-20-10-19-36-32-15-5-7-22-39(32)50-43(36)37)48-45(27-11-2-1-3-12-27)47-26-29-13-8-17-34-33-24-23-28(25-40(33)51-41(29)34)30-16-9-18-35-31-14-4-6-21-38(31)49-42(30)35/h1-25,44H,26,46H2,(H,47,48). The fourth-order valence-corrected chi connectivity index (χ4v) is 11.1. The maximum Gasteiger partial charge on any atom is 0.130 e. The van der Waals surface area contributed by atoms with Gasteiger partial charge in [-0.1, -0.05) is 133 Å². The number of thiophene rings is 3. The van der Waals surface area contributed by atoms with E-state index in [1.54, 1.807) is 11.3 Å². The first kappa shape index (κ1) is 30.5. The van der Waals surface area contributed by atoms with Crippen LogP contribution in [0.15, 0.2) is 157 Å². The van der Waals surface area contributed by atoms with Crippen LogP contribution in [-0.4, -0.2) is 5.84 Å². The summed E-state index contributed by atoms with van der Waals surface area (Å²) in [6.07, 6.45) is -0.426. The van der Waals surface area contributed by atoms with E-state index in [-0.39, 0.29) is 0 Å². The van der Waals surface area contributed by atoms with Crippen LogP contribution in [0.25, 0.3) is 71.6 Å². The Kier molecular flexibility index (Phi) is 7.43. The minimum Gasteiger partial charge on any atom is -0.351 e. The van der Waals surface area contributed by atoms with Crippen LogP contribution < -0.4 is 11.1 Å². The Morgan fingerprint density at radius 3 is 1.90 bits per heavy atom. The smallest absolute Gasteiger partial charge is 0.130 e. The van der Waals surface area contributed by atoms with E-state index in [9.17, 15) is 0 Å². The quantitative estimate of drug-likeness (QED) is 0.103. The highest BCUT2D eigenvalue weighted by Crippen LogP contribution is 2.43. The van der Waals surface area contributed by atoms with Gasteiger partial charge in [0.1, 0.15) is 12.0 Å². The summed E-state index contributed by atoms with van der Waals surface area (Å²) >= 11 is 5.54. The summed E-state index contributed by atoms with van der Waals surface area (Å²) in [5.74, 6) is 0.790. The number of aliphatic imine (C=N–C) groups is 1. The van der Waals surface area contributed by atoms with E-state index in [1.807, 2.05) is 40.9 Å². The summed E-state index contributed by atoms with van der Waals surface area (Å²) < 4.78 is 7.72. The Morgan fingerprint density at radius 2 is 1.12 bits per heavy atom. The molecule has 7 aromatic carbocycles. The monoisotopic (exact) mass is 709 g/mol. The van der Waals surface area contributed by atoms with Crippen molar-refractivity contribution >= 4 is 100 Å². The predicted octanol–water partition coefficient (Wildman–Crippen LogP) is 12.7. The Hall–Kier alpha value is -5.37. The van der Waals surface area contributed by atoms with Crippen LogP contribution in [0.1, 0.15) is 22.9 Å². The highest BCUT2D eigenvalue weighted by molar-refractivity contribution is 7.27. The molecular weight excluding hydrogens is 679 g/mol. The third-order valence-electron chi connectivity index (χ3n) is 9.81. The first-order valence-corrected chi connectivity index (χ1v) is 19.5. The molecule has 0 spiro atoms. The van der Waals surface area contributed by atoms with Gasteiger partial charge in [-0.25, -0.2) is 0 Å². The van der Waals surface area contributed by atoms with E-state index in [0.717, 1.165) is 17.0 Å². The van der Waals surface area contributed by atoms with Crippen molar-refractivity contribution in [2.45, 2.75) is 12.7 Å². The van der Waals surface area contributed by atoms with Crippen LogP contribution in [-0.2, 0) is 6.54 Å². The zero-order chi connectivity index (χ0) is 33.9. The molecule has 3 N–H and O–H groups in total. The molecule has 6 heteroatoms. The lowest BCUT2D eigenvalue weighted by atomic mass is 10.0. The van der Waals surface area contributed by atoms with E-state index in [4.69, 9.17) is 10.7 Å². The number of hydrogen-bond acceptors (Lipinski definition) is 5. The third-order valence-corrected chi connectivity index (χ3v) is 13.5. The van der Waals surface area contributed by atoms with Crippen LogP contribution in [0.3, 0.4) is 0 Å². The third kappa shape index (κ3) is 5.22. The van der Waals surface area contributed by atoms with Crippen LogP contribution in [0, 0.1) is 0 Å². The van der Waals surface area contributed by atoms with Crippen molar-refractivity contribution in [3.05, 3.63) is 168 Å². The van der Waals surface area contributed by atoms with Crippen molar-refractivity contribution in [3.8, 4) is 11.1 Å². The molecule has 244 valence electrons. The van der Waals surface area contributed by atoms with Gasteiger partial charge in [0.05, 0.1) is 6.54 Å². The first-order valence-electron chi connectivity index (χ1n) is 17.1. The van der Waals surface area contributed by atoms with Crippen molar-refractivity contribution in [2.75, 3.05) is 0 Å². The molecule has 10 rings (SSSR count). The Bertz CT molecular complexity index is 2950. The summed E-state index contributed by atoms with van der Waals surface area (Å²) in [5, 5.41) is 11.3. The van der Waals surface area contributed by atoms with Gasteiger partial charge in [0.25, 0.3) is 0 Å². The Morgan fingerprint density at radius 1 is 0.529 bits per heavy atom. The van der Waals surface area contributed by atoms with Crippen molar-refractivity contribution in [2.24, 2.45) is 10.7 Å². The van der Waals surface area contributed by atoms with Gasteiger partial charge >= 0.3 is 0 Å². The minimum atomic E-state index is -0.426. The maximum atomic E-state index is 6.97. The molecule has 10 aromatic rings. The second-order valence-corrected chi connectivity index (χ2v) is 16.0. The second-order valence-electron chi connectivity index (χ2n) is 12.9. The van der Waals surface area contributed by atoms with E-state index in [1.165, 1.54) is 77.2 Å². The van der Waals surface area contributed by atoms with Gasteiger partial charge in [-0.15, -0.1) is 34.0 Å². The lowest BCUT2D eigenvalue weighted by molar-refractivity contribution is 0.685. The van der Waals surface area contributed by atoms with Gasteiger partial charge in [-0.05, 0) is 34.9 Å². The Balaban J connectivity index is 1.02. The summed E-state index contributed by atoms with van der Waals surface area (Å²) in [4.78, 5) is 5.23. The van der Waals surface area contributed by atoms with Crippen LogP contribution >= 0.6 is 34.0 Å². The summed E-state index contributed by atoms with van der Waals surface area (Å²) in [7, 11) is 0. The van der Waals surface area contributed by atoms with E-state index in [0.29, 0.717) is 6.54 Å². The van der Waals surface area contributed by atoms with Crippen molar-refractivity contribution in [3.63, 3.8) is 0 Å². The molecule has 0 amide bonds. The molecule has 0 saturated carbocycles. The zero-order valence-electron chi connectivity index (χ0n) is 27.5. The Labute approximate surface area is 306 Å². The minimum absolute atomic E-state index is 0.426. The molecule has 0 fully saturated rings. The number of fused-ring (bicyclic) bond motifs is 9. The lowest BCUT2D eigenvalue weighted by Crippen LogP contribution is -2.35. The van der Waals surface area contributed by atoms with Crippen LogP contribution in [0.5, 0.6) is 0 Å². The molecular formula is C45H31N3S3. The molecule has 0 radical (unpaired) electrons. The first-order chi connectivity index (χ1) is 25.2. The molecule has 0 aliphatic carbocycles. The molecule has 0 aliphatic heterocycles. The van der Waals surface area contributed by atoms with Crippen molar-refractivity contribution in [1.82, 2.24) is 5.32 Å². The molecule has 3 nitrogen and oxygen atoms in total. The molecule has 3 aromatic heterocycles. The number of nitrogens with one attached hydrogen (secondary N) is 1. The number of hydrogen-bond donors (Lipinski definition) is 2. The maximum absolute atomic E-state index is 6.97. The molecule has 51 heavy (non-hydrogen) atoms. The van der Waals surface area contributed by atoms with Crippen molar-refractivity contribution in [1.29, 1.82) is 0 Å². The predicted molar refractivity (Wildman–Crippen MR) is 224 cm³/mol. The molecule has 1 atom stereocenters. The lowest BCUT2D eigenvalue weighted by Gasteiger charge is -2.19. The molecule has 0 saturated heterocycles. The fraction of sp³-hybridized carbons (Fsp3) is 0.0444. The van der Waals surface area contributed by atoms with Gasteiger partial charge in [-0.3, -0.25) is 4.99 Å². The van der Waals surface area contributed by atoms with Crippen molar-refractivity contribution < 1.29 is 0 Å². The molecule has 0 aliphatic rings. The van der Waals surface area contributed by atoms with Crippen LogP contribution in [0.2, 0.25) is 0 Å². The zero-order valence-corrected chi connectivity index (χ0v) is 29.9. The number of nitrogens with two attached hydrogens (primary N) is 1. The summed E-state index contributed by atoms with van der Waals surface area (Å²) in [6.45, 7) is 0.537. The van der Waals surface area contributed by atoms with Gasteiger partial charge < -0.3 is 11.1 Å². The summed E-state index contributed by atoms with van der Waals surface area (Å²) in [5.41, 5.74) is 12.8. The van der Waals surface area contributed by atoms with E-state index < -0.39 is 6.17 Å². The number of nitrogens with zero attached hydrogens (tertiary/aromatic N) is 1. The van der Waals surface area contributed by atoms with Gasteiger partial charge in [0.2, 0.25) is 0 Å². The van der Waals surface area contributed by atoms with E-state index in [2.05, 4.69) is 139 Å². The van der Waals surface area contributed by atoms with Gasteiger partial charge in [0, 0.05) is 71.6 Å². The average Bonchev–Trinajstić information content (AvgIpc) is 3.88. The van der Waals surface area contributed by atoms with Gasteiger partial charge in [0.15, 0.2) is 0 Å². The highest BCUT2D eigenvalue weighted by Gasteiger charge is 2.17. The summed E-state index contributed by atoms with van der Waals surface area (Å²) in [6, 6.07) is 54.3.